The molecule has 1 aliphatic heterocycles. The molecule has 1 amide bonds. The van der Waals surface area contributed by atoms with Gasteiger partial charge in [0.05, 0.1) is 10.6 Å². The number of anilines is 2. The summed E-state index contributed by atoms with van der Waals surface area (Å²) in [6, 6.07) is 18.7. The maximum absolute atomic E-state index is 12.7. The van der Waals surface area contributed by atoms with Crippen LogP contribution in [0.5, 0.6) is 0 Å². The van der Waals surface area contributed by atoms with E-state index < -0.39 is 10.0 Å². The molecular weight excluding hydrogens is 482 g/mol. The molecule has 0 bridgehead atoms. The fraction of sp³-hybridized carbons (Fsp3) is 0.296. The van der Waals surface area contributed by atoms with Crippen LogP contribution in [0.1, 0.15) is 41.3 Å². The van der Waals surface area contributed by atoms with Crippen molar-refractivity contribution in [3.63, 3.8) is 0 Å². The minimum absolute atomic E-state index is 0.0867. The van der Waals surface area contributed by atoms with Gasteiger partial charge in [-0.15, -0.1) is 0 Å². The van der Waals surface area contributed by atoms with Gasteiger partial charge in [-0.2, -0.15) is 0 Å². The number of hydrogen-bond donors (Lipinski definition) is 2. The topological polar surface area (TPSA) is 78.5 Å². The van der Waals surface area contributed by atoms with E-state index in [0.717, 1.165) is 31.1 Å². The van der Waals surface area contributed by atoms with Gasteiger partial charge < -0.3 is 5.32 Å². The SMILES string of the molecule is Cc1ccc(NS(=O)(=O)c2ccc(NC(=O)c3ccc(CN4CCC(C)CC4)cc3)cc2)cc1Cl. The highest BCUT2D eigenvalue weighted by Gasteiger charge is 2.17. The third kappa shape index (κ3) is 6.63. The highest BCUT2D eigenvalue weighted by atomic mass is 35.5. The minimum Gasteiger partial charge on any atom is -0.322 e. The van der Waals surface area contributed by atoms with E-state index in [1.54, 1.807) is 30.3 Å². The van der Waals surface area contributed by atoms with Crippen molar-refractivity contribution in [2.75, 3.05) is 23.1 Å². The number of sulfonamides is 1. The summed E-state index contributed by atoms with van der Waals surface area (Å²) in [5.41, 5.74) is 3.50. The molecule has 1 saturated heterocycles. The molecule has 0 unspecified atom stereocenters. The molecular formula is C27H30ClN3O3S. The predicted molar refractivity (Wildman–Crippen MR) is 142 cm³/mol. The number of aryl methyl sites for hydroxylation is 1. The molecule has 0 radical (unpaired) electrons. The summed E-state index contributed by atoms with van der Waals surface area (Å²) in [5.74, 6) is 0.557. The number of piperidine rings is 1. The van der Waals surface area contributed by atoms with Crippen LogP contribution in [0, 0.1) is 12.8 Å². The molecule has 1 fully saturated rings. The van der Waals surface area contributed by atoms with Gasteiger partial charge in [-0.05, 0) is 98.4 Å². The number of amides is 1. The first kappa shape index (κ1) is 25.2. The molecule has 0 aromatic heterocycles. The highest BCUT2D eigenvalue weighted by molar-refractivity contribution is 7.92. The Kier molecular flexibility index (Phi) is 7.79. The predicted octanol–water partition coefficient (Wildman–Crippen LogP) is 5.93. The molecule has 1 aliphatic rings. The molecule has 184 valence electrons. The molecule has 6 nitrogen and oxygen atoms in total. The Labute approximate surface area is 212 Å². The van der Waals surface area contributed by atoms with E-state index in [-0.39, 0.29) is 10.8 Å². The maximum Gasteiger partial charge on any atom is 0.261 e. The first-order valence-electron chi connectivity index (χ1n) is 11.7. The monoisotopic (exact) mass is 511 g/mol. The number of rotatable bonds is 7. The van der Waals surface area contributed by atoms with Gasteiger partial charge in [0.1, 0.15) is 0 Å². The lowest BCUT2D eigenvalue weighted by molar-refractivity contribution is 0.102. The second-order valence-corrected chi connectivity index (χ2v) is 11.3. The van der Waals surface area contributed by atoms with Crippen molar-refractivity contribution in [2.24, 2.45) is 5.92 Å². The summed E-state index contributed by atoms with van der Waals surface area (Å²) < 4.78 is 27.9. The standard InChI is InChI=1S/C27H30ClN3O3S/c1-19-13-15-31(16-14-19)18-21-4-6-22(7-5-21)27(32)29-23-9-11-25(12-10-23)35(33,34)30-24-8-3-20(2)26(28)17-24/h3-12,17,19,30H,13-16,18H2,1-2H3,(H,29,32). The zero-order valence-electron chi connectivity index (χ0n) is 19.9. The van der Waals surface area contributed by atoms with Gasteiger partial charge in [0, 0.05) is 22.8 Å². The van der Waals surface area contributed by atoms with E-state index in [4.69, 9.17) is 11.6 Å². The maximum atomic E-state index is 12.7. The summed E-state index contributed by atoms with van der Waals surface area (Å²) >= 11 is 6.09. The molecule has 2 N–H and O–H groups in total. The van der Waals surface area contributed by atoms with Crippen LogP contribution in [-0.4, -0.2) is 32.3 Å². The third-order valence-corrected chi connectivity index (χ3v) is 8.15. The fourth-order valence-electron chi connectivity index (χ4n) is 4.03. The second-order valence-electron chi connectivity index (χ2n) is 9.20. The summed E-state index contributed by atoms with van der Waals surface area (Å²) in [7, 11) is -3.79. The lowest BCUT2D eigenvalue weighted by Crippen LogP contribution is -2.32. The van der Waals surface area contributed by atoms with Crippen LogP contribution in [0.3, 0.4) is 0 Å². The smallest absolute Gasteiger partial charge is 0.261 e. The average Bonchev–Trinajstić information content (AvgIpc) is 2.83. The van der Waals surface area contributed by atoms with Gasteiger partial charge in [-0.1, -0.05) is 36.7 Å². The number of carbonyl (C=O) groups is 1. The normalized spacial score (nSPS) is 15.1. The van der Waals surface area contributed by atoms with Gasteiger partial charge in [0.2, 0.25) is 0 Å². The fourth-order valence-corrected chi connectivity index (χ4v) is 5.26. The van der Waals surface area contributed by atoms with E-state index in [1.807, 2.05) is 31.2 Å². The van der Waals surface area contributed by atoms with Crippen molar-refractivity contribution >= 4 is 38.9 Å². The molecule has 3 aromatic carbocycles. The lowest BCUT2D eigenvalue weighted by atomic mass is 9.99. The lowest BCUT2D eigenvalue weighted by Gasteiger charge is -2.30. The average molecular weight is 512 g/mol. The Bertz CT molecular complexity index is 1280. The van der Waals surface area contributed by atoms with Gasteiger partial charge in [-0.25, -0.2) is 8.42 Å². The Balaban J connectivity index is 1.35. The van der Waals surface area contributed by atoms with Crippen molar-refractivity contribution in [2.45, 2.75) is 38.1 Å². The van der Waals surface area contributed by atoms with Gasteiger partial charge in [-0.3, -0.25) is 14.4 Å². The number of carbonyl (C=O) groups excluding carboxylic acids is 1. The molecule has 8 heteroatoms. The van der Waals surface area contributed by atoms with Crippen molar-refractivity contribution in [3.05, 3.63) is 88.4 Å². The molecule has 1 heterocycles. The molecule has 0 saturated carbocycles. The summed E-state index contributed by atoms with van der Waals surface area (Å²) in [6.45, 7) is 7.27. The van der Waals surface area contributed by atoms with Crippen molar-refractivity contribution in [1.82, 2.24) is 4.90 Å². The van der Waals surface area contributed by atoms with E-state index in [0.29, 0.717) is 22.0 Å². The van der Waals surface area contributed by atoms with Crippen molar-refractivity contribution in [1.29, 1.82) is 0 Å². The van der Waals surface area contributed by atoms with Crippen molar-refractivity contribution in [3.8, 4) is 0 Å². The molecule has 4 rings (SSSR count). The highest BCUT2D eigenvalue weighted by Crippen LogP contribution is 2.24. The number of halogens is 1. The zero-order chi connectivity index (χ0) is 25.0. The quantitative estimate of drug-likeness (QED) is 0.412. The van der Waals surface area contributed by atoms with Crippen LogP contribution < -0.4 is 10.0 Å². The first-order chi connectivity index (χ1) is 16.7. The van der Waals surface area contributed by atoms with Gasteiger partial charge in [0.25, 0.3) is 15.9 Å². The van der Waals surface area contributed by atoms with E-state index in [9.17, 15) is 13.2 Å². The first-order valence-corrected chi connectivity index (χ1v) is 13.6. The largest absolute Gasteiger partial charge is 0.322 e. The van der Waals surface area contributed by atoms with Crippen LogP contribution in [0.25, 0.3) is 0 Å². The summed E-state index contributed by atoms with van der Waals surface area (Å²) in [6.07, 6.45) is 2.47. The number of likely N-dealkylation sites (tertiary alicyclic amines) is 1. The van der Waals surface area contributed by atoms with Crippen LogP contribution in [0.15, 0.2) is 71.6 Å². The Hall–Kier alpha value is -2.87. The van der Waals surface area contributed by atoms with Crippen LogP contribution in [0.4, 0.5) is 11.4 Å². The number of nitrogens with one attached hydrogen (secondary N) is 2. The Morgan fingerprint density at radius 1 is 0.971 bits per heavy atom. The van der Waals surface area contributed by atoms with Gasteiger partial charge in [0.15, 0.2) is 0 Å². The van der Waals surface area contributed by atoms with E-state index in [2.05, 4.69) is 21.9 Å². The third-order valence-electron chi connectivity index (χ3n) is 6.35. The van der Waals surface area contributed by atoms with E-state index >= 15 is 0 Å². The number of benzene rings is 3. The molecule has 3 aromatic rings. The van der Waals surface area contributed by atoms with Crippen LogP contribution in [-0.2, 0) is 16.6 Å². The zero-order valence-corrected chi connectivity index (χ0v) is 21.5. The van der Waals surface area contributed by atoms with E-state index in [1.165, 1.54) is 30.5 Å². The number of nitrogens with zero attached hydrogens (tertiary/aromatic N) is 1. The molecule has 35 heavy (non-hydrogen) atoms. The van der Waals surface area contributed by atoms with Crippen LogP contribution >= 0.6 is 11.6 Å². The molecule has 0 aliphatic carbocycles. The Morgan fingerprint density at radius 2 is 1.60 bits per heavy atom. The molecule has 0 atom stereocenters. The van der Waals surface area contributed by atoms with Crippen LogP contribution in [0.2, 0.25) is 5.02 Å². The second kappa shape index (κ2) is 10.8. The summed E-state index contributed by atoms with van der Waals surface area (Å²) in [5, 5.41) is 3.31. The van der Waals surface area contributed by atoms with Gasteiger partial charge >= 0.3 is 0 Å². The summed E-state index contributed by atoms with van der Waals surface area (Å²) in [4.78, 5) is 15.2. The Morgan fingerprint density at radius 3 is 2.23 bits per heavy atom. The number of hydrogen-bond acceptors (Lipinski definition) is 4. The molecule has 0 spiro atoms. The van der Waals surface area contributed by atoms with Crippen molar-refractivity contribution < 1.29 is 13.2 Å². The minimum atomic E-state index is -3.79.